The quantitative estimate of drug-likeness (QED) is 0.604. The molecule has 16 heavy (non-hydrogen) atoms. The molecular formula is C13H19NO2. The van der Waals surface area contributed by atoms with Crippen LogP contribution in [-0.4, -0.2) is 29.0 Å². The van der Waals surface area contributed by atoms with Crippen LogP contribution in [0.4, 0.5) is 0 Å². The minimum atomic E-state index is -0.629. The molecule has 0 unspecified atom stereocenters. The van der Waals surface area contributed by atoms with Crippen molar-refractivity contribution in [3.63, 3.8) is 0 Å². The lowest BCUT2D eigenvalue weighted by molar-refractivity contribution is 0.147. The summed E-state index contributed by atoms with van der Waals surface area (Å²) in [5.41, 5.74) is 1.15. The van der Waals surface area contributed by atoms with Gasteiger partial charge in [0, 0.05) is 19.2 Å². The van der Waals surface area contributed by atoms with Crippen molar-refractivity contribution < 1.29 is 10.2 Å². The maximum absolute atomic E-state index is 9.64. The fourth-order valence-electron chi connectivity index (χ4n) is 1.54. The summed E-state index contributed by atoms with van der Waals surface area (Å²) in [7, 11) is 0. The van der Waals surface area contributed by atoms with Crippen LogP contribution in [0.1, 0.15) is 12.0 Å². The van der Waals surface area contributed by atoms with Crippen LogP contribution >= 0.6 is 0 Å². The zero-order valence-electron chi connectivity index (χ0n) is 9.34. The number of hydrogen-bond acceptors (Lipinski definition) is 3. The second-order valence-corrected chi connectivity index (χ2v) is 3.71. The van der Waals surface area contributed by atoms with Crippen molar-refractivity contribution in [3.05, 3.63) is 48.6 Å². The van der Waals surface area contributed by atoms with Gasteiger partial charge in [0.1, 0.15) is 0 Å². The number of rotatable bonds is 7. The van der Waals surface area contributed by atoms with Gasteiger partial charge in [-0.05, 0) is 12.0 Å². The zero-order valence-corrected chi connectivity index (χ0v) is 9.34. The van der Waals surface area contributed by atoms with Crippen LogP contribution in [0.25, 0.3) is 0 Å². The molecule has 0 heterocycles. The smallest absolute Gasteiger partial charge is 0.0872 e. The van der Waals surface area contributed by atoms with Crippen molar-refractivity contribution in [2.24, 2.45) is 0 Å². The van der Waals surface area contributed by atoms with Gasteiger partial charge in [-0.25, -0.2) is 0 Å². The highest BCUT2D eigenvalue weighted by atomic mass is 16.3. The molecule has 0 saturated heterocycles. The first kappa shape index (κ1) is 12.9. The minimum absolute atomic E-state index is 0.0529. The zero-order chi connectivity index (χ0) is 11.8. The topological polar surface area (TPSA) is 52.5 Å². The monoisotopic (exact) mass is 221 g/mol. The molecule has 2 atom stereocenters. The molecule has 88 valence electrons. The molecule has 0 aliphatic rings. The molecule has 0 radical (unpaired) electrons. The third-order valence-electron chi connectivity index (χ3n) is 2.51. The summed E-state index contributed by atoms with van der Waals surface area (Å²) in [5.74, 6) is 0. The summed E-state index contributed by atoms with van der Waals surface area (Å²) in [5, 5.41) is 21.7. The molecule has 0 aliphatic carbocycles. The molecule has 1 aromatic carbocycles. The largest absolute Gasteiger partial charge is 0.396 e. The highest BCUT2D eigenvalue weighted by molar-refractivity contribution is 5.14. The molecular weight excluding hydrogens is 202 g/mol. The fourth-order valence-corrected chi connectivity index (χ4v) is 1.54. The average Bonchev–Trinajstić information content (AvgIpc) is 2.34. The molecule has 0 spiro atoms. The Labute approximate surface area is 96.4 Å². The third kappa shape index (κ3) is 4.14. The van der Waals surface area contributed by atoms with Gasteiger partial charge in [-0.2, -0.15) is 0 Å². The molecule has 0 fully saturated rings. The SMILES string of the molecule is C=C[C@H](O)[C@H](CCO)NCc1ccccc1. The molecule has 3 heteroatoms. The van der Waals surface area contributed by atoms with E-state index in [4.69, 9.17) is 5.11 Å². The Hall–Kier alpha value is -1.16. The summed E-state index contributed by atoms with van der Waals surface area (Å²) < 4.78 is 0. The molecule has 0 bridgehead atoms. The van der Waals surface area contributed by atoms with E-state index in [1.165, 1.54) is 6.08 Å². The Bertz CT molecular complexity index is 300. The Morgan fingerprint density at radius 2 is 2.00 bits per heavy atom. The summed E-state index contributed by atoms with van der Waals surface area (Å²) in [6.45, 7) is 4.28. The van der Waals surface area contributed by atoms with E-state index >= 15 is 0 Å². The first-order valence-electron chi connectivity index (χ1n) is 5.46. The summed E-state index contributed by atoms with van der Waals surface area (Å²) in [6.07, 6.45) is 1.37. The van der Waals surface area contributed by atoms with E-state index in [9.17, 15) is 5.11 Å². The van der Waals surface area contributed by atoms with E-state index < -0.39 is 6.10 Å². The van der Waals surface area contributed by atoms with E-state index in [2.05, 4.69) is 11.9 Å². The highest BCUT2D eigenvalue weighted by Crippen LogP contribution is 2.03. The Morgan fingerprint density at radius 3 is 2.56 bits per heavy atom. The summed E-state index contributed by atoms with van der Waals surface area (Å²) >= 11 is 0. The van der Waals surface area contributed by atoms with Crippen molar-refractivity contribution in [1.82, 2.24) is 5.32 Å². The van der Waals surface area contributed by atoms with Crippen LogP contribution in [-0.2, 0) is 6.54 Å². The van der Waals surface area contributed by atoms with Gasteiger partial charge in [-0.3, -0.25) is 0 Å². The van der Waals surface area contributed by atoms with Gasteiger partial charge in [0.15, 0.2) is 0 Å². The molecule has 0 aliphatic heterocycles. The van der Waals surface area contributed by atoms with Gasteiger partial charge < -0.3 is 15.5 Å². The van der Waals surface area contributed by atoms with Crippen LogP contribution < -0.4 is 5.32 Å². The van der Waals surface area contributed by atoms with Crippen molar-refractivity contribution in [2.45, 2.75) is 25.1 Å². The van der Waals surface area contributed by atoms with Gasteiger partial charge in [0.25, 0.3) is 0 Å². The molecule has 1 aromatic rings. The molecule has 0 aromatic heterocycles. The molecule has 0 amide bonds. The van der Waals surface area contributed by atoms with Crippen molar-refractivity contribution in [1.29, 1.82) is 0 Å². The predicted molar refractivity (Wildman–Crippen MR) is 65.0 cm³/mol. The maximum Gasteiger partial charge on any atom is 0.0872 e. The van der Waals surface area contributed by atoms with Crippen LogP contribution in [0.15, 0.2) is 43.0 Å². The lowest BCUT2D eigenvalue weighted by Crippen LogP contribution is -2.39. The van der Waals surface area contributed by atoms with Crippen LogP contribution in [0, 0.1) is 0 Å². The van der Waals surface area contributed by atoms with Crippen molar-refractivity contribution >= 4 is 0 Å². The lowest BCUT2D eigenvalue weighted by atomic mass is 10.1. The van der Waals surface area contributed by atoms with Gasteiger partial charge in [-0.15, -0.1) is 6.58 Å². The second-order valence-electron chi connectivity index (χ2n) is 3.71. The molecule has 3 N–H and O–H groups in total. The highest BCUT2D eigenvalue weighted by Gasteiger charge is 2.14. The van der Waals surface area contributed by atoms with Crippen LogP contribution in [0.2, 0.25) is 0 Å². The number of nitrogens with one attached hydrogen (secondary N) is 1. The summed E-state index contributed by atoms with van der Waals surface area (Å²) in [4.78, 5) is 0. The average molecular weight is 221 g/mol. The van der Waals surface area contributed by atoms with E-state index in [1.54, 1.807) is 0 Å². The maximum atomic E-state index is 9.64. The minimum Gasteiger partial charge on any atom is -0.396 e. The molecule has 0 saturated carbocycles. The number of hydrogen-bond donors (Lipinski definition) is 3. The van der Waals surface area contributed by atoms with E-state index in [0.717, 1.165) is 5.56 Å². The van der Waals surface area contributed by atoms with Crippen molar-refractivity contribution in [2.75, 3.05) is 6.61 Å². The molecule has 3 nitrogen and oxygen atoms in total. The Kier molecular flexibility index (Phi) is 5.78. The number of aliphatic hydroxyl groups excluding tert-OH is 2. The van der Waals surface area contributed by atoms with Gasteiger partial charge in [0.05, 0.1) is 6.10 Å². The number of benzene rings is 1. The fraction of sp³-hybridized carbons (Fsp3) is 0.385. The van der Waals surface area contributed by atoms with Gasteiger partial charge in [-0.1, -0.05) is 36.4 Å². The third-order valence-corrected chi connectivity index (χ3v) is 2.51. The van der Waals surface area contributed by atoms with E-state index in [0.29, 0.717) is 13.0 Å². The normalized spacial score (nSPS) is 14.4. The first-order chi connectivity index (χ1) is 7.77. The van der Waals surface area contributed by atoms with Gasteiger partial charge >= 0.3 is 0 Å². The van der Waals surface area contributed by atoms with Gasteiger partial charge in [0.2, 0.25) is 0 Å². The Balaban J connectivity index is 2.46. The van der Waals surface area contributed by atoms with Crippen LogP contribution in [0.3, 0.4) is 0 Å². The predicted octanol–water partition coefficient (Wildman–Crippen LogP) is 1.07. The van der Waals surface area contributed by atoms with E-state index in [1.807, 2.05) is 30.3 Å². The Morgan fingerprint density at radius 1 is 1.31 bits per heavy atom. The first-order valence-corrected chi connectivity index (χ1v) is 5.46. The molecule has 1 rings (SSSR count). The van der Waals surface area contributed by atoms with E-state index in [-0.39, 0.29) is 12.6 Å². The number of aliphatic hydroxyl groups is 2. The summed E-state index contributed by atoms with van der Waals surface area (Å²) in [6, 6.07) is 9.80. The van der Waals surface area contributed by atoms with Crippen LogP contribution in [0.5, 0.6) is 0 Å². The lowest BCUT2D eigenvalue weighted by Gasteiger charge is -2.21. The standard InChI is InChI=1S/C13H19NO2/c1-2-13(16)12(8-9-15)14-10-11-6-4-3-5-7-11/h2-7,12-16H,1,8-10H2/t12-,13-/m0/s1. The van der Waals surface area contributed by atoms with Crippen molar-refractivity contribution in [3.8, 4) is 0 Å². The second kappa shape index (κ2) is 7.17.